The molecule has 0 fully saturated rings. The lowest BCUT2D eigenvalue weighted by Crippen LogP contribution is -2.38. The minimum atomic E-state index is -3.76. The fourth-order valence-electron chi connectivity index (χ4n) is 0.893. The third-order valence-corrected chi connectivity index (χ3v) is 3.67. The normalized spacial score (nSPS) is 13.6. The predicted molar refractivity (Wildman–Crippen MR) is 59.7 cm³/mol. The van der Waals surface area contributed by atoms with Crippen LogP contribution >= 0.6 is 0 Å². The van der Waals surface area contributed by atoms with Crippen molar-refractivity contribution in [2.45, 2.75) is 31.9 Å². The molecule has 0 saturated carbocycles. The third-order valence-electron chi connectivity index (χ3n) is 1.93. The maximum absolute atomic E-state index is 11.3. The average Bonchev–Trinajstić information content (AvgIpc) is 2.22. The molecular formula is C9H19NO5S. The second-order valence-corrected chi connectivity index (χ2v) is 5.47. The fraction of sp³-hybridized carbons (Fsp3) is 0.889. The van der Waals surface area contributed by atoms with Crippen LogP contribution in [0.5, 0.6) is 0 Å². The summed E-state index contributed by atoms with van der Waals surface area (Å²) in [6, 6.07) is 0. The van der Waals surface area contributed by atoms with E-state index in [-0.39, 0.29) is 6.54 Å². The van der Waals surface area contributed by atoms with Gasteiger partial charge >= 0.3 is 5.97 Å². The Labute approximate surface area is 96.0 Å². The van der Waals surface area contributed by atoms with Gasteiger partial charge in [-0.05, 0) is 19.8 Å². The summed E-state index contributed by atoms with van der Waals surface area (Å²) in [6.45, 7) is 4.44. The van der Waals surface area contributed by atoms with E-state index in [0.717, 1.165) is 13.3 Å². The van der Waals surface area contributed by atoms with Gasteiger partial charge in [-0.2, -0.15) is 0 Å². The first kappa shape index (κ1) is 15.3. The van der Waals surface area contributed by atoms with Gasteiger partial charge in [0.25, 0.3) is 0 Å². The number of hydrogen-bond donors (Lipinski definition) is 2. The number of hydrogen-bond acceptors (Lipinski definition) is 4. The largest absolute Gasteiger partial charge is 0.480 e. The summed E-state index contributed by atoms with van der Waals surface area (Å²) in [5.41, 5.74) is 0. The molecule has 0 aliphatic rings. The summed E-state index contributed by atoms with van der Waals surface area (Å²) in [7, 11) is -3.76. The molecule has 0 amide bonds. The second-order valence-electron chi connectivity index (χ2n) is 3.39. The van der Waals surface area contributed by atoms with Gasteiger partial charge in [0.2, 0.25) is 10.0 Å². The zero-order valence-electron chi connectivity index (χ0n) is 9.60. The van der Waals surface area contributed by atoms with Crippen molar-refractivity contribution in [3.8, 4) is 0 Å². The molecule has 7 heteroatoms. The van der Waals surface area contributed by atoms with Crippen LogP contribution in [0.2, 0.25) is 0 Å². The maximum atomic E-state index is 11.3. The first-order valence-corrected chi connectivity index (χ1v) is 6.75. The highest BCUT2D eigenvalue weighted by atomic mass is 32.2. The van der Waals surface area contributed by atoms with Crippen molar-refractivity contribution in [2.24, 2.45) is 0 Å². The molecule has 0 heterocycles. The number of carboxylic acids is 1. The van der Waals surface area contributed by atoms with Crippen LogP contribution in [0.25, 0.3) is 0 Å². The molecule has 0 spiro atoms. The van der Waals surface area contributed by atoms with Crippen LogP contribution in [-0.2, 0) is 19.6 Å². The monoisotopic (exact) mass is 253 g/mol. The van der Waals surface area contributed by atoms with Crippen molar-refractivity contribution in [1.82, 2.24) is 4.72 Å². The Morgan fingerprint density at radius 2 is 2.06 bits per heavy atom. The number of sulfonamides is 1. The van der Waals surface area contributed by atoms with Crippen molar-refractivity contribution < 1.29 is 23.1 Å². The Balaban J connectivity index is 3.79. The van der Waals surface area contributed by atoms with E-state index in [0.29, 0.717) is 19.6 Å². The van der Waals surface area contributed by atoms with Crippen molar-refractivity contribution in [3.05, 3.63) is 0 Å². The van der Waals surface area contributed by atoms with Gasteiger partial charge in [0.15, 0.2) is 5.25 Å². The van der Waals surface area contributed by atoms with Crippen LogP contribution < -0.4 is 4.72 Å². The number of ether oxygens (including phenoxy) is 1. The summed E-state index contributed by atoms with van der Waals surface area (Å²) >= 11 is 0. The first-order valence-electron chi connectivity index (χ1n) is 5.20. The number of carbonyl (C=O) groups is 1. The molecule has 0 aliphatic carbocycles. The Hall–Kier alpha value is -0.660. The van der Waals surface area contributed by atoms with E-state index >= 15 is 0 Å². The van der Waals surface area contributed by atoms with Gasteiger partial charge in [0.05, 0.1) is 0 Å². The quantitative estimate of drug-likeness (QED) is 0.572. The van der Waals surface area contributed by atoms with Gasteiger partial charge in [-0.3, -0.25) is 4.79 Å². The summed E-state index contributed by atoms with van der Waals surface area (Å²) in [5, 5.41) is 7.12. The van der Waals surface area contributed by atoms with E-state index in [1.807, 2.05) is 6.92 Å². The Morgan fingerprint density at radius 3 is 2.56 bits per heavy atom. The van der Waals surface area contributed by atoms with Crippen molar-refractivity contribution >= 4 is 16.0 Å². The molecule has 0 rings (SSSR count). The highest BCUT2D eigenvalue weighted by Crippen LogP contribution is 1.98. The molecule has 0 aliphatic heterocycles. The SMILES string of the molecule is CCCOCCCNS(=O)(=O)C(C)C(=O)O. The Kier molecular flexibility index (Phi) is 7.27. The molecule has 0 aromatic heterocycles. The molecule has 0 saturated heterocycles. The van der Waals surface area contributed by atoms with E-state index in [1.165, 1.54) is 0 Å². The topological polar surface area (TPSA) is 92.7 Å². The average molecular weight is 253 g/mol. The van der Waals surface area contributed by atoms with Crippen LogP contribution in [-0.4, -0.2) is 44.5 Å². The van der Waals surface area contributed by atoms with E-state index in [2.05, 4.69) is 4.72 Å². The highest BCUT2D eigenvalue weighted by Gasteiger charge is 2.26. The standard InChI is InChI=1S/C9H19NO5S/c1-3-6-15-7-4-5-10-16(13,14)8(2)9(11)12/h8,10H,3-7H2,1-2H3,(H,11,12). The molecule has 1 unspecified atom stereocenters. The number of aliphatic carboxylic acids is 1. The maximum Gasteiger partial charge on any atom is 0.323 e. The van der Waals surface area contributed by atoms with Crippen molar-refractivity contribution in [2.75, 3.05) is 19.8 Å². The van der Waals surface area contributed by atoms with Crippen molar-refractivity contribution in [3.63, 3.8) is 0 Å². The second kappa shape index (κ2) is 7.59. The zero-order chi connectivity index (χ0) is 12.6. The van der Waals surface area contributed by atoms with Crippen LogP contribution in [0.4, 0.5) is 0 Å². The van der Waals surface area contributed by atoms with E-state index in [4.69, 9.17) is 9.84 Å². The lowest BCUT2D eigenvalue weighted by atomic mass is 10.4. The van der Waals surface area contributed by atoms with Crippen LogP contribution in [0.3, 0.4) is 0 Å². The molecular weight excluding hydrogens is 234 g/mol. The van der Waals surface area contributed by atoms with Gasteiger partial charge in [-0.1, -0.05) is 6.92 Å². The molecule has 0 aromatic carbocycles. The van der Waals surface area contributed by atoms with Crippen LogP contribution in [0.1, 0.15) is 26.7 Å². The fourth-order valence-corrected chi connectivity index (χ4v) is 1.84. The summed E-state index contributed by atoms with van der Waals surface area (Å²) in [4.78, 5) is 10.5. The lowest BCUT2D eigenvalue weighted by molar-refractivity contribution is -0.136. The Bertz CT molecular complexity index is 301. The van der Waals surface area contributed by atoms with E-state index in [1.54, 1.807) is 0 Å². The first-order chi connectivity index (χ1) is 7.41. The highest BCUT2D eigenvalue weighted by molar-refractivity contribution is 7.90. The van der Waals surface area contributed by atoms with Gasteiger partial charge in [0.1, 0.15) is 0 Å². The van der Waals surface area contributed by atoms with Gasteiger partial charge in [0, 0.05) is 19.8 Å². The minimum Gasteiger partial charge on any atom is -0.480 e. The van der Waals surface area contributed by atoms with Crippen LogP contribution in [0.15, 0.2) is 0 Å². The van der Waals surface area contributed by atoms with Crippen molar-refractivity contribution in [1.29, 1.82) is 0 Å². The molecule has 6 nitrogen and oxygen atoms in total. The van der Waals surface area contributed by atoms with Gasteiger partial charge in [-0.25, -0.2) is 13.1 Å². The van der Waals surface area contributed by atoms with E-state index in [9.17, 15) is 13.2 Å². The molecule has 0 bridgehead atoms. The summed E-state index contributed by atoms with van der Waals surface area (Å²) in [6.07, 6.45) is 1.45. The molecule has 1 atom stereocenters. The lowest BCUT2D eigenvalue weighted by Gasteiger charge is -2.09. The summed E-state index contributed by atoms with van der Waals surface area (Å²) in [5.74, 6) is -1.35. The molecule has 0 aromatic rings. The number of carboxylic acid groups (broad SMARTS) is 1. The molecule has 16 heavy (non-hydrogen) atoms. The Morgan fingerprint density at radius 1 is 1.44 bits per heavy atom. The van der Waals surface area contributed by atoms with Gasteiger partial charge < -0.3 is 9.84 Å². The smallest absolute Gasteiger partial charge is 0.323 e. The molecule has 96 valence electrons. The van der Waals surface area contributed by atoms with Crippen LogP contribution in [0, 0.1) is 0 Å². The third kappa shape index (κ3) is 6.04. The molecule has 0 radical (unpaired) electrons. The minimum absolute atomic E-state index is 0.198. The van der Waals surface area contributed by atoms with E-state index < -0.39 is 21.2 Å². The zero-order valence-corrected chi connectivity index (χ0v) is 10.4. The summed E-state index contributed by atoms with van der Waals surface area (Å²) < 4.78 is 30.0. The number of nitrogens with one attached hydrogen (secondary N) is 1. The predicted octanol–water partition coefficient (Wildman–Crippen LogP) is 0.196. The number of rotatable bonds is 9. The van der Waals surface area contributed by atoms with Gasteiger partial charge in [-0.15, -0.1) is 0 Å². The molecule has 2 N–H and O–H groups in total.